The Morgan fingerprint density at radius 2 is 2.33 bits per heavy atom. The number of likely N-dealkylation sites (tertiary alicyclic amines) is 1. The number of hydrogen-bond donors (Lipinski definition) is 1. The number of aromatic nitrogens is 2. The molecule has 1 aliphatic heterocycles. The number of carbonyl (C=O) groups is 1. The molecule has 2 heterocycles. The summed E-state index contributed by atoms with van der Waals surface area (Å²) in [5, 5.41) is 13.4. The molecule has 0 aliphatic carbocycles. The first kappa shape index (κ1) is 13.1. The standard InChI is InChI=1S/C13H21N3O2/c1-3-4-16-8-11(5-14-16)7-15-6-10(2)12(9-15)13(17)18/h5,8,10,12H,3-4,6-7,9H2,1-2H3,(H,17,18)/t10-,12-/m1/s1. The van der Waals surface area contributed by atoms with Crippen LogP contribution in [-0.2, 0) is 17.9 Å². The molecule has 1 fully saturated rings. The highest BCUT2D eigenvalue weighted by Gasteiger charge is 2.34. The molecule has 0 radical (unpaired) electrons. The highest BCUT2D eigenvalue weighted by atomic mass is 16.4. The molecule has 5 heteroatoms. The van der Waals surface area contributed by atoms with E-state index >= 15 is 0 Å². The van der Waals surface area contributed by atoms with Crippen LogP contribution >= 0.6 is 0 Å². The summed E-state index contributed by atoms with van der Waals surface area (Å²) in [6.45, 7) is 7.39. The van der Waals surface area contributed by atoms with Crippen molar-refractivity contribution in [2.45, 2.75) is 33.4 Å². The van der Waals surface area contributed by atoms with Gasteiger partial charge in [-0.15, -0.1) is 0 Å². The Morgan fingerprint density at radius 3 is 2.94 bits per heavy atom. The van der Waals surface area contributed by atoms with Gasteiger partial charge >= 0.3 is 5.97 Å². The van der Waals surface area contributed by atoms with Gasteiger partial charge in [0.2, 0.25) is 0 Å². The number of aliphatic carboxylic acids is 1. The van der Waals surface area contributed by atoms with Crippen LogP contribution in [0.25, 0.3) is 0 Å². The zero-order chi connectivity index (χ0) is 13.1. The first-order valence-electron chi connectivity index (χ1n) is 6.56. The molecular formula is C13H21N3O2. The Morgan fingerprint density at radius 1 is 1.56 bits per heavy atom. The molecule has 1 aliphatic rings. The minimum absolute atomic E-state index is 0.226. The minimum Gasteiger partial charge on any atom is -0.481 e. The van der Waals surface area contributed by atoms with Crippen LogP contribution in [0.3, 0.4) is 0 Å². The van der Waals surface area contributed by atoms with E-state index in [4.69, 9.17) is 5.11 Å². The molecule has 0 aromatic carbocycles. The highest BCUT2D eigenvalue weighted by Crippen LogP contribution is 2.24. The normalized spacial score (nSPS) is 24.6. The fourth-order valence-corrected chi connectivity index (χ4v) is 2.62. The zero-order valence-corrected chi connectivity index (χ0v) is 11.0. The summed E-state index contributed by atoms with van der Waals surface area (Å²) in [6.07, 6.45) is 5.01. The van der Waals surface area contributed by atoms with Gasteiger partial charge in [0.25, 0.3) is 0 Å². The summed E-state index contributed by atoms with van der Waals surface area (Å²) in [4.78, 5) is 13.3. The summed E-state index contributed by atoms with van der Waals surface area (Å²) >= 11 is 0. The van der Waals surface area contributed by atoms with Crippen molar-refractivity contribution in [2.24, 2.45) is 11.8 Å². The molecule has 1 aromatic heterocycles. The molecule has 1 N–H and O–H groups in total. The van der Waals surface area contributed by atoms with Crippen LogP contribution in [0.1, 0.15) is 25.8 Å². The van der Waals surface area contributed by atoms with Crippen LogP contribution in [0.2, 0.25) is 0 Å². The Labute approximate surface area is 107 Å². The Bertz CT molecular complexity index is 416. The number of carboxylic acids is 1. The first-order chi connectivity index (χ1) is 8.60. The number of hydrogen-bond acceptors (Lipinski definition) is 3. The van der Waals surface area contributed by atoms with E-state index in [-0.39, 0.29) is 11.8 Å². The summed E-state index contributed by atoms with van der Waals surface area (Å²) in [7, 11) is 0. The number of nitrogens with zero attached hydrogens (tertiary/aromatic N) is 3. The molecule has 18 heavy (non-hydrogen) atoms. The van der Waals surface area contributed by atoms with E-state index in [1.807, 2.05) is 17.8 Å². The highest BCUT2D eigenvalue weighted by molar-refractivity contribution is 5.71. The van der Waals surface area contributed by atoms with Gasteiger partial charge in [0.15, 0.2) is 0 Å². The van der Waals surface area contributed by atoms with Gasteiger partial charge in [-0.2, -0.15) is 5.10 Å². The van der Waals surface area contributed by atoms with Crippen molar-refractivity contribution in [1.29, 1.82) is 0 Å². The second-order valence-electron chi connectivity index (χ2n) is 5.23. The predicted octanol–water partition coefficient (Wildman–Crippen LogP) is 1.45. The lowest BCUT2D eigenvalue weighted by Gasteiger charge is -2.13. The van der Waals surface area contributed by atoms with Crippen LogP contribution in [0, 0.1) is 11.8 Å². The number of carboxylic acid groups (broad SMARTS) is 1. The number of rotatable bonds is 5. The molecule has 0 amide bonds. The molecule has 2 atom stereocenters. The maximum Gasteiger partial charge on any atom is 0.308 e. The molecule has 5 nitrogen and oxygen atoms in total. The zero-order valence-electron chi connectivity index (χ0n) is 11.0. The predicted molar refractivity (Wildman–Crippen MR) is 68.1 cm³/mol. The summed E-state index contributed by atoms with van der Waals surface area (Å²) < 4.78 is 1.95. The van der Waals surface area contributed by atoms with Crippen molar-refractivity contribution >= 4 is 5.97 Å². The van der Waals surface area contributed by atoms with Gasteiger partial charge in [0.05, 0.1) is 12.1 Å². The Kier molecular flexibility index (Phi) is 4.01. The van der Waals surface area contributed by atoms with Gasteiger partial charge in [0, 0.05) is 37.9 Å². The Balaban J connectivity index is 1.92. The fourth-order valence-electron chi connectivity index (χ4n) is 2.62. The van der Waals surface area contributed by atoms with E-state index in [1.165, 1.54) is 5.56 Å². The van der Waals surface area contributed by atoms with E-state index in [9.17, 15) is 4.79 Å². The van der Waals surface area contributed by atoms with Crippen molar-refractivity contribution < 1.29 is 9.90 Å². The van der Waals surface area contributed by atoms with Crippen molar-refractivity contribution in [1.82, 2.24) is 14.7 Å². The number of aryl methyl sites for hydroxylation is 1. The summed E-state index contributed by atoms with van der Waals surface area (Å²) in [5.41, 5.74) is 1.17. The van der Waals surface area contributed by atoms with Gasteiger partial charge in [-0.05, 0) is 12.3 Å². The average molecular weight is 251 g/mol. The third-order valence-corrected chi connectivity index (χ3v) is 3.55. The lowest BCUT2D eigenvalue weighted by molar-refractivity contribution is -0.142. The van der Waals surface area contributed by atoms with Gasteiger partial charge in [-0.1, -0.05) is 13.8 Å². The van der Waals surface area contributed by atoms with Gasteiger partial charge in [-0.3, -0.25) is 14.4 Å². The van der Waals surface area contributed by atoms with Crippen molar-refractivity contribution in [3.8, 4) is 0 Å². The van der Waals surface area contributed by atoms with Crippen LogP contribution in [0.4, 0.5) is 0 Å². The summed E-state index contributed by atoms with van der Waals surface area (Å²) in [5.74, 6) is -0.671. The molecule has 0 saturated carbocycles. The quantitative estimate of drug-likeness (QED) is 0.860. The van der Waals surface area contributed by atoms with E-state index in [2.05, 4.69) is 23.1 Å². The van der Waals surface area contributed by atoms with Crippen LogP contribution in [-0.4, -0.2) is 38.8 Å². The van der Waals surface area contributed by atoms with Crippen molar-refractivity contribution in [3.05, 3.63) is 18.0 Å². The lowest BCUT2D eigenvalue weighted by atomic mass is 9.99. The van der Waals surface area contributed by atoms with Crippen LogP contribution in [0.5, 0.6) is 0 Å². The second-order valence-corrected chi connectivity index (χ2v) is 5.23. The lowest BCUT2D eigenvalue weighted by Crippen LogP contribution is -2.23. The molecule has 1 aromatic rings. The summed E-state index contributed by atoms with van der Waals surface area (Å²) in [6, 6.07) is 0. The molecule has 1 saturated heterocycles. The third kappa shape index (κ3) is 2.90. The molecule has 0 spiro atoms. The van der Waals surface area contributed by atoms with Crippen LogP contribution in [0.15, 0.2) is 12.4 Å². The monoisotopic (exact) mass is 251 g/mol. The topological polar surface area (TPSA) is 58.4 Å². The fraction of sp³-hybridized carbons (Fsp3) is 0.692. The van der Waals surface area contributed by atoms with Crippen LogP contribution < -0.4 is 0 Å². The van der Waals surface area contributed by atoms with E-state index in [1.54, 1.807) is 0 Å². The average Bonchev–Trinajstić information content (AvgIpc) is 2.87. The minimum atomic E-state index is -0.674. The second kappa shape index (κ2) is 5.52. The van der Waals surface area contributed by atoms with Crippen molar-refractivity contribution in [3.63, 3.8) is 0 Å². The molecule has 0 bridgehead atoms. The maximum atomic E-state index is 11.1. The van der Waals surface area contributed by atoms with Gasteiger partial charge in [0.1, 0.15) is 0 Å². The molecule has 100 valence electrons. The SMILES string of the molecule is CCCn1cc(CN2C[C@@H](C)[C@H](C(=O)O)C2)cn1. The molecule has 0 unspecified atom stereocenters. The van der Waals surface area contributed by atoms with Gasteiger partial charge in [-0.25, -0.2) is 0 Å². The molecule has 2 rings (SSSR count). The first-order valence-corrected chi connectivity index (χ1v) is 6.56. The Hall–Kier alpha value is -1.36. The van der Waals surface area contributed by atoms with Gasteiger partial charge < -0.3 is 5.11 Å². The maximum absolute atomic E-state index is 11.1. The third-order valence-electron chi connectivity index (χ3n) is 3.55. The smallest absolute Gasteiger partial charge is 0.308 e. The molecular weight excluding hydrogens is 230 g/mol. The van der Waals surface area contributed by atoms with E-state index in [0.29, 0.717) is 6.54 Å². The van der Waals surface area contributed by atoms with E-state index in [0.717, 1.165) is 26.1 Å². The van der Waals surface area contributed by atoms with Crippen molar-refractivity contribution in [2.75, 3.05) is 13.1 Å². The van der Waals surface area contributed by atoms with E-state index < -0.39 is 5.97 Å². The largest absolute Gasteiger partial charge is 0.481 e.